The summed E-state index contributed by atoms with van der Waals surface area (Å²) in [7, 11) is 2.16. The fourth-order valence-corrected chi connectivity index (χ4v) is 3.25. The molecule has 0 bridgehead atoms. The molecule has 2 aliphatic heterocycles. The van der Waals surface area contributed by atoms with Gasteiger partial charge in [-0.15, -0.1) is 0 Å². The van der Waals surface area contributed by atoms with Crippen molar-refractivity contribution in [2.24, 2.45) is 5.92 Å². The number of likely N-dealkylation sites (tertiary alicyclic amines) is 1. The van der Waals surface area contributed by atoms with Crippen molar-refractivity contribution >= 4 is 5.95 Å². The average molecular weight is 262 g/mol. The van der Waals surface area contributed by atoms with Crippen molar-refractivity contribution < 1.29 is 4.74 Å². The largest absolute Gasteiger partial charge is 0.372 e. The van der Waals surface area contributed by atoms with Gasteiger partial charge in [-0.3, -0.25) is 0 Å². The average Bonchev–Trinajstić information content (AvgIpc) is 2.75. The number of hydrogen-bond acceptors (Lipinski definition) is 5. The fourth-order valence-electron chi connectivity index (χ4n) is 3.25. The van der Waals surface area contributed by atoms with Crippen molar-refractivity contribution in [2.45, 2.75) is 25.4 Å². The lowest BCUT2D eigenvalue weighted by Crippen LogP contribution is -2.63. The Hall–Kier alpha value is -1.20. The second-order valence-electron chi connectivity index (χ2n) is 5.87. The Morgan fingerprint density at radius 2 is 2.16 bits per heavy atom. The molecular formula is C14H22N4O. The van der Waals surface area contributed by atoms with E-state index in [4.69, 9.17) is 4.74 Å². The van der Waals surface area contributed by atoms with Crippen LogP contribution in [-0.2, 0) is 4.74 Å². The third-order valence-electron chi connectivity index (χ3n) is 4.23. The lowest BCUT2D eigenvalue weighted by molar-refractivity contribution is -0.123. The Morgan fingerprint density at radius 1 is 1.42 bits per heavy atom. The Kier molecular flexibility index (Phi) is 3.41. The lowest BCUT2D eigenvalue weighted by atomic mass is 9.79. The maximum atomic E-state index is 5.98. The topological polar surface area (TPSA) is 50.3 Å². The lowest BCUT2D eigenvalue weighted by Gasteiger charge is -2.48. The van der Waals surface area contributed by atoms with Gasteiger partial charge in [0.05, 0.1) is 5.60 Å². The molecule has 2 fully saturated rings. The van der Waals surface area contributed by atoms with Gasteiger partial charge >= 0.3 is 0 Å². The molecule has 1 N–H and O–H groups in total. The molecule has 0 saturated carbocycles. The zero-order chi connectivity index (χ0) is 13.3. The van der Waals surface area contributed by atoms with E-state index in [1.54, 1.807) is 0 Å². The van der Waals surface area contributed by atoms with Crippen LogP contribution in [0.15, 0.2) is 12.4 Å². The number of anilines is 1. The highest BCUT2D eigenvalue weighted by Crippen LogP contribution is 2.40. The summed E-state index contributed by atoms with van der Waals surface area (Å²) in [4.78, 5) is 10.9. The molecule has 3 heterocycles. The van der Waals surface area contributed by atoms with Crippen LogP contribution in [0.2, 0.25) is 0 Å². The van der Waals surface area contributed by atoms with Gasteiger partial charge in [0.2, 0.25) is 5.95 Å². The fraction of sp³-hybridized carbons (Fsp3) is 0.714. The first kappa shape index (κ1) is 12.8. The molecule has 1 atom stereocenters. The van der Waals surface area contributed by atoms with Crippen LogP contribution in [0.4, 0.5) is 5.95 Å². The highest BCUT2D eigenvalue weighted by Gasteiger charge is 2.51. The molecule has 0 aromatic carbocycles. The summed E-state index contributed by atoms with van der Waals surface area (Å²) in [6, 6.07) is 0. The number of likely N-dealkylation sites (N-methyl/N-ethyl adjacent to an activating group) is 1. The SMILES string of the molecule is Cc1cnc(NCCC2CCOC23CN(C)C3)nc1. The van der Waals surface area contributed by atoms with Gasteiger partial charge in [0.15, 0.2) is 0 Å². The quantitative estimate of drug-likeness (QED) is 0.886. The summed E-state index contributed by atoms with van der Waals surface area (Å²) in [5, 5.41) is 3.30. The van der Waals surface area contributed by atoms with E-state index in [1.165, 1.54) is 6.42 Å². The molecule has 0 radical (unpaired) electrons. The van der Waals surface area contributed by atoms with Crippen molar-refractivity contribution in [3.63, 3.8) is 0 Å². The smallest absolute Gasteiger partial charge is 0.222 e. The summed E-state index contributed by atoms with van der Waals surface area (Å²) >= 11 is 0. The van der Waals surface area contributed by atoms with Gasteiger partial charge in [0, 0.05) is 38.6 Å². The van der Waals surface area contributed by atoms with Crippen LogP contribution in [0.25, 0.3) is 0 Å². The van der Waals surface area contributed by atoms with Gasteiger partial charge in [-0.1, -0.05) is 0 Å². The number of aromatic nitrogens is 2. The Balaban J connectivity index is 1.48. The van der Waals surface area contributed by atoms with Crippen molar-refractivity contribution in [2.75, 3.05) is 38.6 Å². The van der Waals surface area contributed by atoms with Gasteiger partial charge in [0.1, 0.15) is 0 Å². The predicted molar refractivity (Wildman–Crippen MR) is 74.2 cm³/mol. The Morgan fingerprint density at radius 3 is 2.84 bits per heavy atom. The van der Waals surface area contributed by atoms with Crippen LogP contribution in [0, 0.1) is 12.8 Å². The molecule has 1 aromatic heterocycles. The maximum absolute atomic E-state index is 5.98. The van der Waals surface area contributed by atoms with Gasteiger partial charge in [0.25, 0.3) is 0 Å². The molecule has 2 saturated heterocycles. The first-order valence-electron chi connectivity index (χ1n) is 7.03. The first-order chi connectivity index (χ1) is 9.18. The predicted octanol–water partition coefficient (Wildman–Crippen LogP) is 1.31. The van der Waals surface area contributed by atoms with E-state index in [-0.39, 0.29) is 5.60 Å². The number of rotatable bonds is 4. The van der Waals surface area contributed by atoms with Crippen molar-refractivity contribution in [3.8, 4) is 0 Å². The van der Waals surface area contributed by atoms with Gasteiger partial charge in [-0.2, -0.15) is 0 Å². The van der Waals surface area contributed by atoms with Crippen LogP contribution in [0.1, 0.15) is 18.4 Å². The molecule has 3 rings (SSSR count). The van der Waals surface area contributed by atoms with E-state index in [0.717, 1.165) is 44.2 Å². The number of aryl methyl sites for hydroxylation is 1. The van der Waals surface area contributed by atoms with Crippen LogP contribution in [-0.4, -0.2) is 53.8 Å². The van der Waals surface area contributed by atoms with Gasteiger partial charge in [-0.05, 0) is 38.3 Å². The second-order valence-corrected chi connectivity index (χ2v) is 5.87. The minimum atomic E-state index is 0.143. The van der Waals surface area contributed by atoms with E-state index >= 15 is 0 Å². The zero-order valence-electron chi connectivity index (χ0n) is 11.7. The van der Waals surface area contributed by atoms with Crippen molar-refractivity contribution in [1.29, 1.82) is 0 Å². The van der Waals surface area contributed by atoms with Crippen molar-refractivity contribution in [3.05, 3.63) is 18.0 Å². The van der Waals surface area contributed by atoms with Gasteiger partial charge < -0.3 is 15.0 Å². The summed E-state index contributed by atoms with van der Waals surface area (Å²) in [5.41, 5.74) is 1.23. The van der Waals surface area contributed by atoms with Crippen LogP contribution in [0.5, 0.6) is 0 Å². The molecule has 19 heavy (non-hydrogen) atoms. The number of nitrogens with one attached hydrogen (secondary N) is 1. The maximum Gasteiger partial charge on any atom is 0.222 e. The summed E-state index contributed by atoms with van der Waals surface area (Å²) < 4.78 is 5.98. The zero-order valence-corrected chi connectivity index (χ0v) is 11.7. The molecule has 1 aromatic rings. The van der Waals surface area contributed by atoms with Gasteiger partial charge in [-0.25, -0.2) is 9.97 Å². The van der Waals surface area contributed by atoms with Crippen LogP contribution >= 0.6 is 0 Å². The summed E-state index contributed by atoms with van der Waals surface area (Å²) in [6.45, 7) is 6.00. The van der Waals surface area contributed by atoms with E-state index in [0.29, 0.717) is 5.92 Å². The monoisotopic (exact) mass is 262 g/mol. The molecule has 0 aliphatic carbocycles. The minimum Gasteiger partial charge on any atom is -0.372 e. The van der Waals surface area contributed by atoms with E-state index in [2.05, 4.69) is 27.2 Å². The molecule has 1 unspecified atom stereocenters. The molecular weight excluding hydrogens is 240 g/mol. The standard InChI is InChI=1S/C14H22N4O/c1-11-7-16-13(17-8-11)15-5-3-12-4-6-19-14(12)9-18(2)10-14/h7-8,12H,3-6,9-10H2,1-2H3,(H,15,16,17). The normalized spacial score (nSPS) is 25.5. The number of hydrogen-bond donors (Lipinski definition) is 1. The third kappa shape index (κ3) is 2.58. The van der Waals surface area contributed by atoms with Crippen molar-refractivity contribution in [1.82, 2.24) is 14.9 Å². The third-order valence-corrected chi connectivity index (χ3v) is 4.23. The summed E-state index contributed by atoms with van der Waals surface area (Å²) in [5.74, 6) is 1.39. The molecule has 1 spiro atoms. The van der Waals surface area contributed by atoms with E-state index in [9.17, 15) is 0 Å². The first-order valence-corrected chi connectivity index (χ1v) is 7.03. The van der Waals surface area contributed by atoms with E-state index in [1.807, 2.05) is 19.3 Å². The summed E-state index contributed by atoms with van der Waals surface area (Å²) in [6.07, 6.45) is 6.00. The minimum absolute atomic E-state index is 0.143. The van der Waals surface area contributed by atoms with E-state index < -0.39 is 0 Å². The molecule has 5 heteroatoms. The highest BCUT2D eigenvalue weighted by atomic mass is 16.5. The second kappa shape index (κ2) is 5.06. The molecule has 5 nitrogen and oxygen atoms in total. The number of nitrogens with zero attached hydrogens (tertiary/aromatic N) is 3. The Labute approximate surface area is 114 Å². The molecule has 0 amide bonds. The number of ether oxygens (including phenoxy) is 1. The Bertz CT molecular complexity index is 428. The van der Waals surface area contributed by atoms with Crippen LogP contribution in [0.3, 0.4) is 0 Å². The molecule has 104 valence electrons. The highest BCUT2D eigenvalue weighted by molar-refractivity contribution is 5.24. The molecule has 2 aliphatic rings. The van der Waals surface area contributed by atoms with Crippen LogP contribution < -0.4 is 5.32 Å².